The summed E-state index contributed by atoms with van der Waals surface area (Å²) in [5.41, 5.74) is 11.7. The molecule has 0 radical (unpaired) electrons. The number of furan rings is 1. The van der Waals surface area contributed by atoms with Crippen molar-refractivity contribution < 1.29 is 4.42 Å². The van der Waals surface area contributed by atoms with Gasteiger partial charge in [0, 0.05) is 32.0 Å². The van der Waals surface area contributed by atoms with E-state index in [4.69, 9.17) is 14.4 Å². The van der Waals surface area contributed by atoms with Crippen molar-refractivity contribution in [2.24, 2.45) is 0 Å². The molecule has 0 fully saturated rings. The lowest BCUT2D eigenvalue weighted by Gasteiger charge is -2.10. The summed E-state index contributed by atoms with van der Waals surface area (Å²) in [4.78, 5) is 10.4. The number of thiophene rings is 1. The van der Waals surface area contributed by atoms with Crippen molar-refractivity contribution in [3.05, 3.63) is 145 Å². The molecular weight excluding hydrogens is 569 g/mol. The molecule has 0 aliphatic carbocycles. The Balaban J connectivity index is 1.18. The molecule has 0 amide bonds. The Morgan fingerprint density at radius 3 is 2.09 bits per heavy atom. The largest absolute Gasteiger partial charge is 0.456 e. The van der Waals surface area contributed by atoms with Crippen LogP contribution in [0.2, 0.25) is 0 Å². The number of aryl methyl sites for hydroxylation is 1. The van der Waals surface area contributed by atoms with Crippen molar-refractivity contribution >= 4 is 53.6 Å². The first-order valence-electron chi connectivity index (χ1n) is 15.1. The smallest absolute Gasteiger partial charge is 0.160 e. The molecule has 45 heavy (non-hydrogen) atoms. The van der Waals surface area contributed by atoms with Gasteiger partial charge in [0.1, 0.15) is 11.2 Å². The summed E-state index contributed by atoms with van der Waals surface area (Å²) in [5.74, 6) is 0.732. The molecule has 3 aromatic heterocycles. The van der Waals surface area contributed by atoms with Gasteiger partial charge in [0.05, 0.1) is 15.9 Å². The second-order valence-electron chi connectivity index (χ2n) is 11.5. The van der Waals surface area contributed by atoms with E-state index in [2.05, 4.69) is 128 Å². The molecule has 0 unspecified atom stereocenters. The first-order chi connectivity index (χ1) is 22.2. The van der Waals surface area contributed by atoms with E-state index >= 15 is 0 Å². The third-order valence-corrected chi connectivity index (χ3v) is 9.81. The molecule has 0 saturated heterocycles. The zero-order chi connectivity index (χ0) is 29.9. The van der Waals surface area contributed by atoms with Gasteiger partial charge in [0.15, 0.2) is 5.82 Å². The second kappa shape index (κ2) is 10.3. The highest BCUT2D eigenvalue weighted by atomic mass is 32.1. The summed E-state index contributed by atoms with van der Waals surface area (Å²) < 4.78 is 8.45. The van der Waals surface area contributed by atoms with E-state index in [9.17, 15) is 0 Å². The summed E-state index contributed by atoms with van der Waals surface area (Å²) in [6.07, 6.45) is 0. The number of nitrogens with zero attached hydrogens (tertiary/aromatic N) is 2. The predicted molar refractivity (Wildman–Crippen MR) is 189 cm³/mol. The quantitative estimate of drug-likeness (QED) is 0.203. The van der Waals surface area contributed by atoms with Crippen LogP contribution in [0.4, 0.5) is 0 Å². The van der Waals surface area contributed by atoms with E-state index in [-0.39, 0.29) is 0 Å². The van der Waals surface area contributed by atoms with Crippen molar-refractivity contribution in [2.45, 2.75) is 6.92 Å². The molecule has 0 atom stereocenters. The Labute approximate surface area is 264 Å². The third kappa shape index (κ3) is 4.34. The molecular formula is C41H26N2OS. The highest BCUT2D eigenvalue weighted by molar-refractivity contribution is 7.26. The minimum absolute atomic E-state index is 0.732. The predicted octanol–water partition coefficient (Wildman–Crippen LogP) is 11.7. The van der Waals surface area contributed by atoms with Crippen molar-refractivity contribution in [1.29, 1.82) is 0 Å². The van der Waals surface area contributed by atoms with Gasteiger partial charge in [-0.15, -0.1) is 11.3 Å². The van der Waals surface area contributed by atoms with E-state index in [1.165, 1.54) is 21.2 Å². The minimum atomic E-state index is 0.732. The van der Waals surface area contributed by atoms with E-state index in [1.807, 2.05) is 18.2 Å². The van der Waals surface area contributed by atoms with Crippen molar-refractivity contribution in [2.75, 3.05) is 0 Å². The monoisotopic (exact) mass is 594 g/mol. The van der Waals surface area contributed by atoms with Gasteiger partial charge in [-0.2, -0.15) is 0 Å². The number of rotatable bonds is 4. The van der Waals surface area contributed by atoms with Gasteiger partial charge in [-0.3, -0.25) is 0 Å². The summed E-state index contributed by atoms with van der Waals surface area (Å²) >= 11 is 1.76. The van der Waals surface area contributed by atoms with Gasteiger partial charge >= 0.3 is 0 Å². The SMILES string of the molecule is Cc1cccc2oc3ccc(-c4ccc(-c5nc(-c6cccc(-c7ccccc7)c6)nc6c5sc5ccccc56)cc4)cc3c12. The van der Waals surface area contributed by atoms with Crippen LogP contribution in [-0.2, 0) is 0 Å². The molecule has 3 nitrogen and oxygen atoms in total. The number of hydrogen-bond donors (Lipinski definition) is 0. The van der Waals surface area contributed by atoms with Crippen LogP contribution in [-0.4, -0.2) is 9.97 Å². The third-order valence-electron chi connectivity index (χ3n) is 8.64. The standard InChI is InChI=1S/C41H26N2OS/c1-25-9-7-15-35-37(25)33-24-30(21-22-34(33)44-35)27-17-19-28(20-18-27)38-40-39(32-14-5-6-16-36(32)45-40)43-41(42-38)31-13-8-12-29(23-31)26-10-3-2-4-11-26/h2-24H,1H3. The number of fused-ring (bicyclic) bond motifs is 6. The molecule has 0 N–H and O–H groups in total. The summed E-state index contributed by atoms with van der Waals surface area (Å²) in [7, 11) is 0. The van der Waals surface area contributed by atoms with Gasteiger partial charge in [0.25, 0.3) is 0 Å². The van der Waals surface area contributed by atoms with Crippen molar-refractivity contribution in [3.63, 3.8) is 0 Å². The van der Waals surface area contributed by atoms with Gasteiger partial charge in [-0.05, 0) is 65.1 Å². The molecule has 0 bridgehead atoms. The Kier molecular flexibility index (Phi) is 5.90. The van der Waals surface area contributed by atoms with Gasteiger partial charge in [-0.25, -0.2) is 9.97 Å². The zero-order valence-electron chi connectivity index (χ0n) is 24.5. The molecule has 0 spiro atoms. The van der Waals surface area contributed by atoms with Crippen LogP contribution in [0.3, 0.4) is 0 Å². The van der Waals surface area contributed by atoms with Gasteiger partial charge in [0.2, 0.25) is 0 Å². The Morgan fingerprint density at radius 1 is 0.511 bits per heavy atom. The highest BCUT2D eigenvalue weighted by Gasteiger charge is 2.17. The van der Waals surface area contributed by atoms with E-state index in [0.29, 0.717) is 0 Å². The summed E-state index contributed by atoms with van der Waals surface area (Å²) in [5, 5.41) is 3.49. The second-order valence-corrected chi connectivity index (χ2v) is 12.5. The zero-order valence-corrected chi connectivity index (χ0v) is 25.3. The van der Waals surface area contributed by atoms with E-state index < -0.39 is 0 Å². The molecule has 0 saturated carbocycles. The lowest BCUT2D eigenvalue weighted by Crippen LogP contribution is -1.94. The normalized spacial score (nSPS) is 11.7. The van der Waals surface area contributed by atoms with Gasteiger partial charge < -0.3 is 4.42 Å². The fourth-order valence-electron chi connectivity index (χ4n) is 6.39. The molecule has 9 rings (SSSR count). The molecule has 0 aliphatic heterocycles. The van der Waals surface area contributed by atoms with Crippen LogP contribution in [0, 0.1) is 6.92 Å². The molecule has 4 heteroatoms. The van der Waals surface area contributed by atoms with Crippen LogP contribution in [0.1, 0.15) is 5.56 Å². The Bertz CT molecular complexity index is 2540. The van der Waals surface area contributed by atoms with Crippen LogP contribution in [0.15, 0.2) is 144 Å². The fraction of sp³-hybridized carbons (Fsp3) is 0.0244. The van der Waals surface area contributed by atoms with E-state index in [0.717, 1.165) is 71.5 Å². The molecule has 212 valence electrons. The van der Waals surface area contributed by atoms with Crippen molar-refractivity contribution in [3.8, 4) is 44.9 Å². The van der Waals surface area contributed by atoms with Crippen LogP contribution < -0.4 is 0 Å². The topological polar surface area (TPSA) is 38.9 Å². The van der Waals surface area contributed by atoms with Gasteiger partial charge in [-0.1, -0.05) is 109 Å². The first-order valence-corrected chi connectivity index (χ1v) is 15.9. The average molecular weight is 595 g/mol. The molecule has 6 aromatic carbocycles. The maximum absolute atomic E-state index is 6.13. The molecule has 0 aliphatic rings. The minimum Gasteiger partial charge on any atom is -0.456 e. The maximum Gasteiger partial charge on any atom is 0.160 e. The van der Waals surface area contributed by atoms with E-state index in [1.54, 1.807) is 11.3 Å². The first kappa shape index (κ1) is 25.9. The lowest BCUT2D eigenvalue weighted by atomic mass is 9.99. The van der Waals surface area contributed by atoms with Crippen LogP contribution >= 0.6 is 11.3 Å². The number of benzene rings is 6. The van der Waals surface area contributed by atoms with Crippen LogP contribution in [0.25, 0.3) is 87.1 Å². The highest BCUT2D eigenvalue weighted by Crippen LogP contribution is 2.40. The van der Waals surface area contributed by atoms with Crippen molar-refractivity contribution in [1.82, 2.24) is 9.97 Å². The maximum atomic E-state index is 6.13. The number of hydrogen-bond acceptors (Lipinski definition) is 4. The average Bonchev–Trinajstić information content (AvgIpc) is 3.67. The van der Waals surface area contributed by atoms with Crippen LogP contribution in [0.5, 0.6) is 0 Å². The number of aromatic nitrogens is 2. The molecule has 3 heterocycles. The summed E-state index contributed by atoms with van der Waals surface area (Å²) in [6, 6.07) is 49.0. The lowest BCUT2D eigenvalue weighted by molar-refractivity contribution is 0.669. The Hall–Kier alpha value is -5.58. The summed E-state index contributed by atoms with van der Waals surface area (Å²) in [6.45, 7) is 2.14. The fourth-order valence-corrected chi connectivity index (χ4v) is 7.54. The Morgan fingerprint density at radius 2 is 1.20 bits per heavy atom. The molecule has 9 aromatic rings.